The molecule has 0 spiro atoms. The molecule has 1 aromatic carbocycles. The average molecular weight is 518 g/mol. The number of aliphatic hydroxyl groups excluding tert-OH is 1. The summed E-state index contributed by atoms with van der Waals surface area (Å²) in [6, 6.07) is 3.01. The molecule has 204 valence electrons. The number of hydrogen-bond acceptors (Lipinski definition) is 6. The van der Waals surface area contributed by atoms with Crippen LogP contribution in [0.4, 0.5) is 0 Å². The maximum Gasteiger partial charge on any atom is 0.328 e. The number of amides is 3. The Balaban J connectivity index is 2.33. The number of nitrogens with one attached hydrogen (secondary N) is 4. The molecule has 0 fully saturated rings. The fraction of sp³-hybridized carbons (Fsp3) is 0.538. The summed E-state index contributed by atoms with van der Waals surface area (Å²) < 4.78 is 0. The summed E-state index contributed by atoms with van der Waals surface area (Å²) >= 11 is 0. The lowest BCUT2D eigenvalue weighted by Crippen LogP contribution is -2.60. The van der Waals surface area contributed by atoms with Gasteiger partial charge in [-0.3, -0.25) is 14.4 Å². The third-order valence-corrected chi connectivity index (χ3v) is 6.59. The highest BCUT2D eigenvalue weighted by atomic mass is 16.4. The summed E-state index contributed by atoms with van der Waals surface area (Å²) in [5.74, 6) is -3.78. The number of rotatable bonds is 13. The number of aromatic nitrogens is 1. The number of aromatic amines is 1. The molecule has 0 saturated heterocycles. The minimum atomic E-state index is -1.54. The van der Waals surface area contributed by atoms with Gasteiger partial charge in [0.2, 0.25) is 17.7 Å². The van der Waals surface area contributed by atoms with Gasteiger partial charge < -0.3 is 36.9 Å². The molecule has 6 unspecified atom stereocenters. The van der Waals surface area contributed by atoms with Gasteiger partial charge >= 0.3 is 5.97 Å². The van der Waals surface area contributed by atoms with Crippen LogP contribution in [0.3, 0.4) is 0 Å². The number of carbonyl (C=O) groups excluding carboxylic acids is 3. The molecule has 2 rings (SSSR count). The number of benzene rings is 1. The predicted molar refractivity (Wildman–Crippen MR) is 139 cm³/mol. The Hall–Kier alpha value is -3.44. The van der Waals surface area contributed by atoms with Crippen molar-refractivity contribution in [3.8, 4) is 0 Å². The van der Waals surface area contributed by atoms with Crippen molar-refractivity contribution in [2.75, 3.05) is 0 Å². The van der Waals surface area contributed by atoms with Gasteiger partial charge in [0.05, 0.1) is 12.1 Å². The highest BCUT2D eigenvalue weighted by Crippen LogP contribution is 2.20. The zero-order valence-electron chi connectivity index (χ0n) is 21.9. The van der Waals surface area contributed by atoms with Gasteiger partial charge in [0.25, 0.3) is 0 Å². The van der Waals surface area contributed by atoms with Gasteiger partial charge in [0.15, 0.2) is 6.04 Å². The highest BCUT2D eigenvalue weighted by molar-refractivity contribution is 5.95. The van der Waals surface area contributed by atoms with Gasteiger partial charge in [-0.1, -0.05) is 52.3 Å². The topological polar surface area (TPSA) is 187 Å². The minimum absolute atomic E-state index is 0.132. The Morgan fingerprint density at radius 2 is 1.57 bits per heavy atom. The molecule has 37 heavy (non-hydrogen) atoms. The quantitative estimate of drug-likeness (QED) is 0.203. The first-order valence-electron chi connectivity index (χ1n) is 12.5. The van der Waals surface area contributed by atoms with Crippen LogP contribution in [0.25, 0.3) is 10.9 Å². The van der Waals surface area contributed by atoms with Crippen LogP contribution in [-0.2, 0) is 25.6 Å². The van der Waals surface area contributed by atoms with Crippen LogP contribution in [-0.4, -0.2) is 69.2 Å². The van der Waals surface area contributed by atoms with E-state index in [1.165, 1.54) is 6.92 Å². The van der Waals surface area contributed by atoms with E-state index < -0.39 is 54.0 Å². The molecule has 1 heterocycles. The van der Waals surface area contributed by atoms with Crippen molar-refractivity contribution in [1.29, 1.82) is 0 Å². The summed E-state index contributed by atoms with van der Waals surface area (Å²) in [5, 5.41) is 27.7. The van der Waals surface area contributed by atoms with Crippen LogP contribution in [0.2, 0.25) is 0 Å². The van der Waals surface area contributed by atoms with Crippen molar-refractivity contribution < 1.29 is 29.4 Å². The van der Waals surface area contributed by atoms with E-state index in [2.05, 4.69) is 20.9 Å². The fourth-order valence-electron chi connectivity index (χ4n) is 3.89. The largest absolute Gasteiger partial charge is 0.480 e. The third kappa shape index (κ3) is 7.77. The molecule has 11 heteroatoms. The van der Waals surface area contributed by atoms with Crippen molar-refractivity contribution >= 4 is 34.6 Å². The molecule has 1 aromatic heterocycles. The van der Waals surface area contributed by atoms with Gasteiger partial charge in [-0.15, -0.1) is 0 Å². The number of aliphatic hydroxyl groups is 1. The van der Waals surface area contributed by atoms with Crippen LogP contribution in [0, 0.1) is 11.8 Å². The van der Waals surface area contributed by atoms with Crippen LogP contribution < -0.4 is 21.7 Å². The summed E-state index contributed by atoms with van der Waals surface area (Å²) in [5.41, 5.74) is 7.67. The van der Waals surface area contributed by atoms with E-state index >= 15 is 0 Å². The van der Waals surface area contributed by atoms with Crippen LogP contribution in [0.1, 0.15) is 46.6 Å². The summed E-state index contributed by atoms with van der Waals surface area (Å²) in [4.78, 5) is 53.9. The molecule has 0 aliphatic heterocycles. The van der Waals surface area contributed by atoms with Gasteiger partial charge in [0, 0.05) is 23.5 Å². The van der Waals surface area contributed by atoms with Crippen LogP contribution >= 0.6 is 0 Å². The van der Waals surface area contributed by atoms with E-state index in [0.29, 0.717) is 6.42 Å². The Morgan fingerprint density at radius 1 is 0.946 bits per heavy atom. The standard InChI is InChI=1S/C26H39N5O6/c1-6-14(4)21(25(35)31-22(15(5)32)26(36)37)30-23(33)19(29-24(34)20(27)13(2)3)11-16-12-28-18-10-8-7-9-17(16)18/h7-10,12-15,19-22,28,32H,6,11,27H2,1-5H3,(H,29,34)(H,30,33)(H,31,35)(H,36,37). The number of carboxylic acid groups (broad SMARTS) is 1. The molecule has 2 aromatic rings. The van der Waals surface area contributed by atoms with E-state index in [4.69, 9.17) is 5.73 Å². The Kier molecular flexibility index (Phi) is 10.6. The zero-order valence-corrected chi connectivity index (χ0v) is 21.9. The van der Waals surface area contributed by atoms with Gasteiger partial charge in [0.1, 0.15) is 12.1 Å². The van der Waals surface area contributed by atoms with Crippen molar-refractivity contribution in [3.63, 3.8) is 0 Å². The van der Waals surface area contributed by atoms with Gasteiger partial charge in [-0.2, -0.15) is 0 Å². The van der Waals surface area contributed by atoms with Gasteiger partial charge in [-0.05, 0) is 30.4 Å². The number of carboxylic acids is 1. The molecule has 8 N–H and O–H groups in total. The molecule has 0 aliphatic rings. The molecule has 11 nitrogen and oxygen atoms in total. The second-order valence-corrected chi connectivity index (χ2v) is 9.83. The number of carbonyl (C=O) groups is 4. The second-order valence-electron chi connectivity index (χ2n) is 9.83. The first kappa shape index (κ1) is 29.8. The molecule has 6 atom stereocenters. The predicted octanol–water partition coefficient (Wildman–Crippen LogP) is 0.660. The molecular formula is C26H39N5O6. The van der Waals surface area contributed by atoms with Crippen molar-refractivity contribution in [2.45, 2.75) is 77.7 Å². The molecule has 3 amide bonds. The Bertz CT molecular complexity index is 1100. The minimum Gasteiger partial charge on any atom is -0.480 e. The molecule has 0 radical (unpaired) electrons. The van der Waals surface area contributed by atoms with Crippen molar-refractivity contribution in [3.05, 3.63) is 36.0 Å². The number of para-hydroxylation sites is 1. The molecule has 0 aliphatic carbocycles. The number of aliphatic carboxylic acids is 1. The maximum absolute atomic E-state index is 13.5. The SMILES string of the molecule is CCC(C)C(NC(=O)C(Cc1c[nH]c2ccccc12)NC(=O)C(N)C(C)C)C(=O)NC(C(=O)O)C(C)O. The molecule has 0 bridgehead atoms. The fourth-order valence-corrected chi connectivity index (χ4v) is 3.89. The molecule has 0 saturated carbocycles. The number of fused-ring (bicyclic) bond motifs is 1. The lowest BCUT2D eigenvalue weighted by Gasteiger charge is -2.28. The summed E-state index contributed by atoms with van der Waals surface area (Å²) in [6.07, 6.45) is 1.05. The zero-order chi connectivity index (χ0) is 27.9. The normalized spacial score (nSPS) is 16.3. The first-order valence-corrected chi connectivity index (χ1v) is 12.5. The van der Waals surface area contributed by atoms with E-state index in [1.807, 2.05) is 31.2 Å². The monoisotopic (exact) mass is 517 g/mol. The smallest absolute Gasteiger partial charge is 0.328 e. The van der Waals surface area contributed by atoms with Crippen LogP contribution in [0.15, 0.2) is 30.5 Å². The van der Waals surface area contributed by atoms with E-state index in [1.54, 1.807) is 27.0 Å². The number of H-pyrrole nitrogens is 1. The van der Waals surface area contributed by atoms with Crippen molar-refractivity contribution in [2.24, 2.45) is 17.6 Å². The number of nitrogens with two attached hydrogens (primary N) is 1. The molecular weight excluding hydrogens is 478 g/mol. The lowest BCUT2D eigenvalue weighted by atomic mass is 9.96. The van der Waals surface area contributed by atoms with Crippen LogP contribution in [0.5, 0.6) is 0 Å². The third-order valence-electron chi connectivity index (χ3n) is 6.59. The van der Waals surface area contributed by atoms with E-state index in [-0.39, 0.29) is 18.3 Å². The second kappa shape index (κ2) is 13.2. The van der Waals surface area contributed by atoms with Crippen molar-refractivity contribution in [1.82, 2.24) is 20.9 Å². The van der Waals surface area contributed by atoms with E-state index in [0.717, 1.165) is 16.5 Å². The average Bonchev–Trinajstić information content (AvgIpc) is 3.26. The Labute approximate surface area is 216 Å². The van der Waals surface area contributed by atoms with Gasteiger partial charge in [-0.25, -0.2) is 4.79 Å². The summed E-state index contributed by atoms with van der Waals surface area (Å²) in [6.45, 7) is 8.41. The van der Waals surface area contributed by atoms with E-state index in [9.17, 15) is 29.4 Å². The lowest BCUT2D eigenvalue weighted by molar-refractivity contribution is -0.145. The Morgan fingerprint density at radius 3 is 2.14 bits per heavy atom. The highest BCUT2D eigenvalue weighted by Gasteiger charge is 2.34. The number of hydrogen-bond donors (Lipinski definition) is 7. The summed E-state index contributed by atoms with van der Waals surface area (Å²) in [7, 11) is 0. The first-order chi connectivity index (χ1) is 17.4. The maximum atomic E-state index is 13.5.